The van der Waals surface area contributed by atoms with Gasteiger partial charge in [-0.05, 0) is 30.4 Å². The maximum Gasteiger partial charge on any atom is 0.139 e. The fraction of sp³-hybridized carbons (Fsp3) is 0.588. The highest BCUT2D eigenvalue weighted by molar-refractivity contribution is 6.76. The molecule has 23 heavy (non-hydrogen) atoms. The van der Waals surface area contributed by atoms with Crippen LogP contribution >= 0.6 is 11.6 Å². The van der Waals surface area contributed by atoms with Crippen molar-refractivity contribution in [3.63, 3.8) is 0 Å². The molecule has 1 aromatic carbocycles. The summed E-state index contributed by atoms with van der Waals surface area (Å²) in [6.07, 6.45) is 2.59. The van der Waals surface area contributed by atoms with Crippen molar-refractivity contribution < 1.29 is 9.13 Å². The molecule has 0 amide bonds. The molecule has 0 bridgehead atoms. The van der Waals surface area contributed by atoms with Gasteiger partial charge >= 0.3 is 0 Å². The summed E-state index contributed by atoms with van der Waals surface area (Å²) in [7, 11) is -1.11. The van der Waals surface area contributed by atoms with Crippen molar-refractivity contribution >= 4 is 30.6 Å². The number of aromatic nitrogens is 2. The van der Waals surface area contributed by atoms with Crippen LogP contribution in [0.3, 0.4) is 0 Å². The predicted octanol–water partition coefficient (Wildman–Crippen LogP) is 5.26. The Morgan fingerprint density at radius 2 is 2.13 bits per heavy atom. The first-order chi connectivity index (χ1) is 10.8. The first-order valence-electron chi connectivity index (χ1n) is 8.19. The molecule has 126 valence electrons. The van der Waals surface area contributed by atoms with Gasteiger partial charge in [0, 0.05) is 25.3 Å². The van der Waals surface area contributed by atoms with Gasteiger partial charge in [0.2, 0.25) is 0 Å². The number of halogens is 2. The van der Waals surface area contributed by atoms with E-state index in [0.717, 1.165) is 12.5 Å². The molecule has 2 unspecified atom stereocenters. The van der Waals surface area contributed by atoms with E-state index in [2.05, 4.69) is 31.7 Å². The van der Waals surface area contributed by atoms with Crippen molar-refractivity contribution in [1.82, 2.24) is 9.78 Å². The Morgan fingerprint density at radius 1 is 1.43 bits per heavy atom. The molecule has 2 aromatic rings. The van der Waals surface area contributed by atoms with Crippen LogP contribution in [0.1, 0.15) is 24.8 Å². The van der Waals surface area contributed by atoms with Gasteiger partial charge in [-0.15, -0.1) is 0 Å². The van der Waals surface area contributed by atoms with E-state index < -0.39 is 8.07 Å². The van der Waals surface area contributed by atoms with E-state index in [1.807, 2.05) is 6.07 Å². The summed E-state index contributed by atoms with van der Waals surface area (Å²) < 4.78 is 22.2. The lowest BCUT2D eigenvalue weighted by Gasteiger charge is -2.15. The van der Waals surface area contributed by atoms with Crippen LogP contribution < -0.4 is 0 Å². The largest absolute Gasteiger partial charge is 0.360 e. The maximum atomic E-state index is 14.8. The van der Waals surface area contributed by atoms with E-state index >= 15 is 0 Å². The number of fused-ring (bicyclic) bond motifs is 1. The number of hydrogen-bond donors (Lipinski definition) is 0. The Labute approximate surface area is 142 Å². The quantitative estimate of drug-likeness (QED) is 0.522. The maximum absolute atomic E-state index is 14.8. The van der Waals surface area contributed by atoms with Gasteiger partial charge in [-0.1, -0.05) is 38.2 Å². The van der Waals surface area contributed by atoms with Crippen molar-refractivity contribution in [2.45, 2.75) is 51.7 Å². The van der Waals surface area contributed by atoms with Crippen LogP contribution in [-0.4, -0.2) is 24.5 Å². The highest BCUT2D eigenvalue weighted by Crippen LogP contribution is 2.51. The predicted molar refractivity (Wildman–Crippen MR) is 95.3 cm³/mol. The summed E-state index contributed by atoms with van der Waals surface area (Å²) in [4.78, 5) is 0. The lowest BCUT2D eigenvalue weighted by atomic mass is 10.1. The Hall–Kier alpha value is -0.913. The fourth-order valence-electron chi connectivity index (χ4n) is 2.86. The van der Waals surface area contributed by atoms with Crippen LogP contribution in [0.5, 0.6) is 0 Å². The molecule has 1 saturated carbocycles. The smallest absolute Gasteiger partial charge is 0.139 e. The molecule has 3 nitrogen and oxygen atoms in total. The number of benzene rings is 1. The van der Waals surface area contributed by atoms with Crippen molar-refractivity contribution in [3.8, 4) is 0 Å². The topological polar surface area (TPSA) is 27.1 Å². The molecular formula is C17H24ClFN2OSi. The van der Waals surface area contributed by atoms with Crippen molar-refractivity contribution in [3.05, 3.63) is 28.7 Å². The lowest BCUT2D eigenvalue weighted by molar-refractivity contribution is 0.0817. The SMILES string of the molecule is CC1CC1c1c(Cl)cc2c(cnn2COCC[Si](C)(C)C)c1F. The van der Waals surface area contributed by atoms with Crippen LogP contribution in [0, 0.1) is 11.7 Å². The third-order valence-electron chi connectivity index (χ3n) is 4.56. The Kier molecular flexibility index (Phi) is 4.55. The van der Waals surface area contributed by atoms with E-state index in [1.54, 1.807) is 10.9 Å². The summed E-state index contributed by atoms with van der Waals surface area (Å²) >= 11 is 6.34. The monoisotopic (exact) mass is 354 g/mol. The number of nitrogens with zero attached hydrogens (tertiary/aromatic N) is 2. The van der Waals surface area contributed by atoms with E-state index in [0.29, 0.717) is 40.7 Å². The summed E-state index contributed by atoms with van der Waals surface area (Å²) in [5.41, 5.74) is 1.36. The first-order valence-corrected chi connectivity index (χ1v) is 12.3. The second-order valence-corrected chi connectivity index (χ2v) is 13.9. The Morgan fingerprint density at radius 3 is 2.74 bits per heavy atom. The molecule has 1 aliphatic carbocycles. The molecule has 0 saturated heterocycles. The van der Waals surface area contributed by atoms with Gasteiger partial charge < -0.3 is 4.74 Å². The number of ether oxygens (including phenoxy) is 1. The van der Waals surface area contributed by atoms with Crippen molar-refractivity contribution in [2.24, 2.45) is 5.92 Å². The first kappa shape index (κ1) is 16.9. The highest BCUT2D eigenvalue weighted by atomic mass is 35.5. The van der Waals surface area contributed by atoms with Crippen LogP contribution in [0.4, 0.5) is 4.39 Å². The average Bonchev–Trinajstić information content (AvgIpc) is 3.00. The molecule has 1 fully saturated rings. The van der Waals surface area contributed by atoms with Crippen LogP contribution in [0.25, 0.3) is 10.9 Å². The third kappa shape index (κ3) is 3.62. The zero-order valence-electron chi connectivity index (χ0n) is 14.2. The van der Waals surface area contributed by atoms with Crippen LogP contribution in [-0.2, 0) is 11.5 Å². The number of hydrogen-bond acceptors (Lipinski definition) is 2. The molecular weight excluding hydrogens is 331 g/mol. The average molecular weight is 355 g/mol. The fourth-order valence-corrected chi connectivity index (χ4v) is 3.94. The van der Waals surface area contributed by atoms with Gasteiger partial charge in [-0.3, -0.25) is 0 Å². The molecule has 1 aliphatic rings. The molecule has 2 atom stereocenters. The van der Waals surface area contributed by atoms with E-state index in [9.17, 15) is 4.39 Å². The standard InChI is InChI=1S/C17H24ClFN2OSi/c1-11-7-12(11)16-14(18)8-15-13(17(16)19)9-20-21(15)10-22-5-6-23(2,3)4/h8-9,11-12H,5-7,10H2,1-4H3. The van der Waals surface area contributed by atoms with E-state index in [-0.39, 0.29) is 11.7 Å². The minimum absolute atomic E-state index is 0.213. The molecule has 3 rings (SSSR count). The van der Waals surface area contributed by atoms with E-state index in [4.69, 9.17) is 16.3 Å². The highest BCUT2D eigenvalue weighted by Gasteiger charge is 2.38. The van der Waals surface area contributed by atoms with Crippen molar-refractivity contribution in [2.75, 3.05) is 6.61 Å². The minimum Gasteiger partial charge on any atom is -0.360 e. The Bertz CT molecular complexity index is 725. The second kappa shape index (κ2) is 6.19. The van der Waals surface area contributed by atoms with Crippen molar-refractivity contribution in [1.29, 1.82) is 0 Å². The Balaban J connectivity index is 1.78. The van der Waals surface area contributed by atoms with Gasteiger partial charge in [0.25, 0.3) is 0 Å². The van der Waals surface area contributed by atoms with Crippen LogP contribution in [0.15, 0.2) is 12.3 Å². The zero-order chi connectivity index (χ0) is 16.8. The number of rotatable bonds is 6. The third-order valence-corrected chi connectivity index (χ3v) is 6.58. The summed E-state index contributed by atoms with van der Waals surface area (Å²) in [6, 6.07) is 2.93. The van der Waals surface area contributed by atoms with Gasteiger partial charge in [0.1, 0.15) is 12.5 Å². The van der Waals surface area contributed by atoms with Gasteiger partial charge in [0.15, 0.2) is 0 Å². The van der Waals surface area contributed by atoms with Gasteiger partial charge in [0.05, 0.1) is 17.1 Å². The normalized spacial score (nSPS) is 21.1. The lowest BCUT2D eigenvalue weighted by Crippen LogP contribution is -2.22. The molecule has 1 heterocycles. The van der Waals surface area contributed by atoms with Crippen LogP contribution in [0.2, 0.25) is 30.7 Å². The van der Waals surface area contributed by atoms with Gasteiger partial charge in [-0.2, -0.15) is 5.10 Å². The molecule has 0 N–H and O–H groups in total. The molecule has 1 aromatic heterocycles. The van der Waals surface area contributed by atoms with E-state index in [1.165, 1.54) is 0 Å². The molecule has 0 aliphatic heterocycles. The molecule has 6 heteroatoms. The zero-order valence-corrected chi connectivity index (χ0v) is 16.0. The minimum atomic E-state index is -1.11. The second-order valence-electron chi connectivity index (χ2n) is 7.83. The van der Waals surface area contributed by atoms with Gasteiger partial charge in [-0.25, -0.2) is 9.07 Å². The summed E-state index contributed by atoms with van der Waals surface area (Å²) in [6.45, 7) is 10.1. The summed E-state index contributed by atoms with van der Waals surface area (Å²) in [5, 5.41) is 5.32. The molecule has 0 spiro atoms. The summed E-state index contributed by atoms with van der Waals surface area (Å²) in [5.74, 6) is 0.554. The molecule has 0 radical (unpaired) electrons.